The molecule has 7 nitrogen and oxygen atoms in total. The smallest absolute Gasteiger partial charge is 0.294 e. The van der Waals surface area contributed by atoms with E-state index >= 15 is 0 Å². The number of phenols is 1. The molecule has 2 aromatic carbocycles. The summed E-state index contributed by atoms with van der Waals surface area (Å²) in [6, 6.07) is 9.94. The van der Waals surface area contributed by atoms with Gasteiger partial charge >= 0.3 is 0 Å². The number of nitrogens with one attached hydrogen (secondary N) is 1. The highest BCUT2D eigenvalue weighted by Crippen LogP contribution is 2.37. The van der Waals surface area contributed by atoms with Crippen LogP contribution in [-0.4, -0.2) is 40.7 Å². The van der Waals surface area contributed by atoms with E-state index < -0.39 is 23.6 Å². The molecular formula is C19H14Br2N2O5S. The van der Waals surface area contributed by atoms with E-state index in [0.29, 0.717) is 37.7 Å². The topological polar surface area (TPSA) is 95.9 Å². The molecule has 1 aliphatic rings. The SMILES string of the molecule is COc1ccc(NC(=O)CN2C(=O)S/C(=C/c3cc(Br)cc(Br)c3O)C2=O)cc1. The van der Waals surface area contributed by atoms with Crippen LogP contribution in [0.15, 0.2) is 50.2 Å². The van der Waals surface area contributed by atoms with Gasteiger partial charge in [-0.3, -0.25) is 19.3 Å². The molecule has 0 aromatic heterocycles. The second kappa shape index (κ2) is 9.02. The van der Waals surface area contributed by atoms with Crippen molar-refractivity contribution in [1.82, 2.24) is 4.90 Å². The second-order valence-electron chi connectivity index (χ2n) is 5.87. The summed E-state index contributed by atoms with van der Waals surface area (Å²) in [5, 5.41) is 12.2. The highest BCUT2D eigenvalue weighted by Gasteiger charge is 2.36. The van der Waals surface area contributed by atoms with Crippen molar-refractivity contribution in [3.8, 4) is 11.5 Å². The first-order valence-electron chi connectivity index (χ1n) is 8.15. The van der Waals surface area contributed by atoms with Gasteiger partial charge in [-0.2, -0.15) is 0 Å². The number of phenolic OH excluding ortho intramolecular Hbond substituents is 1. The number of rotatable bonds is 5. The number of hydrogen-bond donors (Lipinski definition) is 2. The number of ether oxygens (including phenoxy) is 1. The van der Waals surface area contributed by atoms with Crippen molar-refractivity contribution in [1.29, 1.82) is 0 Å². The summed E-state index contributed by atoms with van der Waals surface area (Å²) in [6.45, 7) is -0.414. The molecule has 0 atom stereocenters. The molecule has 29 heavy (non-hydrogen) atoms. The first-order valence-corrected chi connectivity index (χ1v) is 10.6. The minimum Gasteiger partial charge on any atom is -0.506 e. The number of hydrogen-bond acceptors (Lipinski definition) is 6. The van der Waals surface area contributed by atoms with E-state index in [1.165, 1.54) is 13.2 Å². The van der Waals surface area contributed by atoms with Crippen LogP contribution in [-0.2, 0) is 9.59 Å². The van der Waals surface area contributed by atoms with Gasteiger partial charge in [0.2, 0.25) is 5.91 Å². The van der Waals surface area contributed by atoms with Crippen molar-refractivity contribution >= 4 is 72.4 Å². The Morgan fingerprint density at radius 1 is 1.24 bits per heavy atom. The molecule has 150 valence electrons. The lowest BCUT2D eigenvalue weighted by Gasteiger charge is -2.12. The summed E-state index contributed by atoms with van der Waals surface area (Å²) >= 11 is 7.24. The highest BCUT2D eigenvalue weighted by atomic mass is 79.9. The maximum Gasteiger partial charge on any atom is 0.294 e. The summed E-state index contributed by atoms with van der Waals surface area (Å²) in [4.78, 5) is 38.0. The Morgan fingerprint density at radius 3 is 2.59 bits per heavy atom. The van der Waals surface area contributed by atoms with E-state index in [1.807, 2.05) is 0 Å². The molecule has 2 aromatic rings. The number of imide groups is 1. The molecule has 0 saturated carbocycles. The van der Waals surface area contributed by atoms with Gasteiger partial charge in [0.25, 0.3) is 11.1 Å². The second-order valence-corrected chi connectivity index (χ2v) is 8.63. The highest BCUT2D eigenvalue weighted by molar-refractivity contribution is 9.11. The van der Waals surface area contributed by atoms with Crippen LogP contribution < -0.4 is 10.1 Å². The third-order valence-electron chi connectivity index (χ3n) is 3.89. The standard InChI is InChI=1S/C19H14Br2N2O5S/c1-28-13-4-2-12(3-5-13)22-16(24)9-23-18(26)15(29-19(23)27)7-10-6-11(20)8-14(21)17(10)25/h2-8,25H,9H2,1H3,(H,22,24)/b15-7+. The molecule has 2 N–H and O–H groups in total. The number of halogens is 2. The molecule has 1 heterocycles. The number of thioether (sulfide) groups is 1. The summed E-state index contributed by atoms with van der Waals surface area (Å²) in [6.07, 6.45) is 1.41. The molecule has 1 aliphatic heterocycles. The molecule has 10 heteroatoms. The van der Waals surface area contributed by atoms with Crippen molar-refractivity contribution in [3.63, 3.8) is 0 Å². The summed E-state index contributed by atoms with van der Waals surface area (Å²) in [5.41, 5.74) is 0.877. The van der Waals surface area contributed by atoms with E-state index in [-0.39, 0.29) is 10.7 Å². The van der Waals surface area contributed by atoms with Crippen LogP contribution in [0, 0.1) is 0 Å². The van der Waals surface area contributed by atoms with Crippen LogP contribution in [0.4, 0.5) is 10.5 Å². The Labute approximate surface area is 187 Å². The van der Waals surface area contributed by atoms with E-state index in [1.54, 1.807) is 36.4 Å². The third kappa shape index (κ3) is 5.01. The van der Waals surface area contributed by atoms with Crippen LogP contribution in [0.25, 0.3) is 6.08 Å². The molecule has 0 aliphatic carbocycles. The van der Waals surface area contributed by atoms with Gasteiger partial charge in [0.05, 0.1) is 16.5 Å². The van der Waals surface area contributed by atoms with E-state index in [9.17, 15) is 19.5 Å². The fraction of sp³-hybridized carbons (Fsp3) is 0.105. The van der Waals surface area contributed by atoms with Gasteiger partial charge < -0.3 is 15.2 Å². The van der Waals surface area contributed by atoms with Gasteiger partial charge in [0, 0.05) is 15.7 Å². The van der Waals surface area contributed by atoms with E-state index in [4.69, 9.17) is 4.74 Å². The van der Waals surface area contributed by atoms with Crippen molar-refractivity contribution in [2.45, 2.75) is 0 Å². The number of carbonyl (C=O) groups is 3. The molecule has 3 rings (SSSR count). The first-order chi connectivity index (χ1) is 13.8. The average Bonchev–Trinajstić information content (AvgIpc) is 2.93. The summed E-state index contributed by atoms with van der Waals surface area (Å²) in [7, 11) is 1.54. The molecule has 1 fully saturated rings. The van der Waals surface area contributed by atoms with Crippen LogP contribution in [0.1, 0.15) is 5.56 Å². The zero-order valence-corrected chi connectivity index (χ0v) is 18.9. The lowest BCUT2D eigenvalue weighted by Crippen LogP contribution is -2.36. The molecule has 0 radical (unpaired) electrons. The van der Waals surface area contributed by atoms with Gasteiger partial charge in [-0.15, -0.1) is 0 Å². The monoisotopic (exact) mass is 540 g/mol. The Balaban J connectivity index is 1.72. The van der Waals surface area contributed by atoms with Gasteiger partial charge in [0.15, 0.2) is 0 Å². The molecule has 1 saturated heterocycles. The van der Waals surface area contributed by atoms with Crippen molar-refractivity contribution in [3.05, 3.63) is 55.8 Å². The molecular weight excluding hydrogens is 528 g/mol. The number of methoxy groups -OCH3 is 1. The number of amides is 3. The fourth-order valence-corrected chi connectivity index (χ4v) is 4.58. The van der Waals surface area contributed by atoms with Gasteiger partial charge in [-0.1, -0.05) is 15.9 Å². The first kappa shape index (κ1) is 21.4. The normalized spacial score (nSPS) is 15.1. The maximum atomic E-state index is 12.6. The quantitative estimate of drug-likeness (QED) is 0.537. The number of aromatic hydroxyl groups is 1. The number of benzene rings is 2. The fourth-order valence-electron chi connectivity index (χ4n) is 2.49. The Hall–Kier alpha value is -2.30. The number of anilines is 1. The minimum atomic E-state index is -0.597. The maximum absolute atomic E-state index is 12.6. The van der Waals surface area contributed by atoms with Crippen molar-refractivity contribution in [2.24, 2.45) is 0 Å². The Kier molecular flexibility index (Phi) is 6.66. The zero-order chi connectivity index (χ0) is 21.1. The Bertz CT molecular complexity index is 1020. The average molecular weight is 542 g/mol. The van der Waals surface area contributed by atoms with Gasteiger partial charge in [0.1, 0.15) is 18.0 Å². The van der Waals surface area contributed by atoms with Crippen LogP contribution >= 0.6 is 43.6 Å². The molecule has 3 amide bonds. The predicted octanol–water partition coefficient (Wildman–Crippen LogP) is 4.60. The molecule has 0 spiro atoms. The van der Waals surface area contributed by atoms with Crippen molar-refractivity contribution < 1.29 is 24.2 Å². The van der Waals surface area contributed by atoms with Gasteiger partial charge in [-0.25, -0.2) is 0 Å². The largest absolute Gasteiger partial charge is 0.506 e. The van der Waals surface area contributed by atoms with Gasteiger partial charge in [-0.05, 0) is 70.2 Å². The zero-order valence-electron chi connectivity index (χ0n) is 14.9. The van der Waals surface area contributed by atoms with Crippen LogP contribution in [0.2, 0.25) is 0 Å². The van der Waals surface area contributed by atoms with Crippen molar-refractivity contribution in [2.75, 3.05) is 19.0 Å². The lowest BCUT2D eigenvalue weighted by molar-refractivity contribution is -0.127. The Morgan fingerprint density at radius 2 is 1.93 bits per heavy atom. The summed E-state index contributed by atoms with van der Waals surface area (Å²) in [5.74, 6) is -0.522. The third-order valence-corrected chi connectivity index (χ3v) is 5.86. The van der Waals surface area contributed by atoms with E-state index in [2.05, 4.69) is 37.2 Å². The van der Waals surface area contributed by atoms with Crippen LogP contribution in [0.5, 0.6) is 11.5 Å². The predicted molar refractivity (Wildman–Crippen MR) is 118 cm³/mol. The molecule has 0 unspecified atom stereocenters. The van der Waals surface area contributed by atoms with E-state index in [0.717, 1.165) is 4.90 Å². The minimum absolute atomic E-state index is 0.0581. The molecule has 0 bridgehead atoms. The number of carbonyl (C=O) groups excluding carboxylic acids is 3. The van der Waals surface area contributed by atoms with Crippen LogP contribution in [0.3, 0.4) is 0 Å². The number of nitrogens with zero attached hydrogens (tertiary/aromatic N) is 1. The summed E-state index contributed by atoms with van der Waals surface area (Å²) < 4.78 is 6.18. The lowest BCUT2D eigenvalue weighted by atomic mass is 10.2.